The van der Waals surface area contributed by atoms with Crippen LogP contribution in [-0.4, -0.2) is 37.6 Å². The van der Waals surface area contributed by atoms with E-state index in [1.165, 1.54) is 12.4 Å². The molecule has 10 nitrogen and oxygen atoms in total. The summed E-state index contributed by atoms with van der Waals surface area (Å²) < 4.78 is 13.4. The average molecular weight is 508 g/mol. The molecule has 0 saturated heterocycles. The Bertz CT molecular complexity index is 1680. The number of aryl methyl sites for hydroxylation is 2. The summed E-state index contributed by atoms with van der Waals surface area (Å²) in [5.74, 6) is 1.98. The molecule has 0 aliphatic rings. The monoisotopic (exact) mass is 507 g/mol. The predicted octanol–water partition coefficient (Wildman–Crippen LogP) is 4.98. The molecule has 5 aromatic rings. The number of aromatic nitrogens is 5. The fourth-order valence-corrected chi connectivity index (χ4v) is 4.25. The Morgan fingerprint density at radius 3 is 2.58 bits per heavy atom. The number of methoxy groups -OCH3 is 1. The molecule has 0 saturated carbocycles. The first-order valence-corrected chi connectivity index (χ1v) is 11.7. The number of anilines is 2. The van der Waals surface area contributed by atoms with E-state index in [2.05, 4.69) is 31.9 Å². The van der Waals surface area contributed by atoms with Crippen molar-refractivity contribution in [3.8, 4) is 39.8 Å². The van der Waals surface area contributed by atoms with Gasteiger partial charge in [-0.15, -0.1) is 0 Å². The molecule has 5 rings (SSSR count). The summed E-state index contributed by atoms with van der Waals surface area (Å²) in [6.07, 6.45) is 4.25. The molecule has 4 heterocycles. The lowest BCUT2D eigenvalue weighted by atomic mass is 9.95. The Kier molecular flexibility index (Phi) is 6.44. The van der Waals surface area contributed by atoms with E-state index in [1.54, 1.807) is 30.0 Å². The van der Waals surface area contributed by atoms with Gasteiger partial charge in [-0.3, -0.25) is 4.79 Å². The van der Waals surface area contributed by atoms with E-state index in [4.69, 9.17) is 15.2 Å². The third-order valence-corrected chi connectivity index (χ3v) is 5.95. The molecule has 0 aliphatic carbocycles. The predicted molar refractivity (Wildman–Crippen MR) is 145 cm³/mol. The summed E-state index contributed by atoms with van der Waals surface area (Å²) in [6, 6.07) is 15.0. The van der Waals surface area contributed by atoms with E-state index in [0.717, 1.165) is 33.5 Å². The average Bonchev–Trinajstić information content (AvgIpc) is 3.24. The van der Waals surface area contributed by atoms with Gasteiger partial charge in [0.05, 0.1) is 12.7 Å². The number of fused-ring (bicyclic) bond motifs is 1. The normalized spacial score (nSPS) is 10.8. The van der Waals surface area contributed by atoms with E-state index < -0.39 is 0 Å². The van der Waals surface area contributed by atoms with E-state index in [9.17, 15) is 4.79 Å². The number of hydrogen-bond acceptors (Lipinski definition) is 8. The summed E-state index contributed by atoms with van der Waals surface area (Å²) in [7, 11) is 1.57. The van der Waals surface area contributed by atoms with Crippen molar-refractivity contribution in [2.45, 2.75) is 13.8 Å². The number of benzene rings is 1. The van der Waals surface area contributed by atoms with Gasteiger partial charge in [0.15, 0.2) is 5.82 Å². The van der Waals surface area contributed by atoms with Crippen LogP contribution in [-0.2, 0) is 4.79 Å². The number of rotatable bonds is 7. The van der Waals surface area contributed by atoms with Crippen molar-refractivity contribution in [1.82, 2.24) is 24.6 Å². The number of ether oxygens (including phenoxy) is 2. The Hall–Kier alpha value is -5.25. The molecule has 0 bridgehead atoms. The molecule has 1 amide bonds. The standard InChI is InChI=1S/C28H25N7O3/c1-5-22(36)34-21-13-16(2)20(14-30-21)25-24(26-27(29)31-15-32-35(26)28(25)37-4)18-9-11-19(12-10-18)38-23-8-6-7-17(3)33-23/h5-15H,1H2,2-4H3,(H2,29,31,32)(H,30,34,36). The zero-order valence-electron chi connectivity index (χ0n) is 21.1. The van der Waals surface area contributed by atoms with Gasteiger partial charge in [0, 0.05) is 29.1 Å². The van der Waals surface area contributed by atoms with Gasteiger partial charge in [0.25, 0.3) is 0 Å². The molecule has 190 valence electrons. The van der Waals surface area contributed by atoms with Crippen LogP contribution in [0.4, 0.5) is 11.6 Å². The van der Waals surface area contributed by atoms with Gasteiger partial charge in [-0.05, 0) is 55.3 Å². The highest BCUT2D eigenvalue weighted by Gasteiger charge is 2.26. The highest BCUT2D eigenvalue weighted by atomic mass is 16.5. The van der Waals surface area contributed by atoms with Gasteiger partial charge >= 0.3 is 0 Å². The van der Waals surface area contributed by atoms with Crippen LogP contribution in [0.1, 0.15) is 11.3 Å². The van der Waals surface area contributed by atoms with E-state index >= 15 is 0 Å². The second-order valence-electron chi connectivity index (χ2n) is 8.49. The number of hydrogen-bond donors (Lipinski definition) is 2. The van der Waals surface area contributed by atoms with Crippen LogP contribution < -0.4 is 20.5 Å². The second-order valence-corrected chi connectivity index (χ2v) is 8.49. The number of nitrogens with two attached hydrogens (primary N) is 1. The zero-order chi connectivity index (χ0) is 26.8. The Balaban J connectivity index is 1.65. The molecule has 0 unspecified atom stereocenters. The van der Waals surface area contributed by atoms with Gasteiger partial charge < -0.3 is 20.5 Å². The van der Waals surface area contributed by atoms with Crippen molar-refractivity contribution in [2.75, 3.05) is 18.2 Å². The molecule has 0 aliphatic heterocycles. The van der Waals surface area contributed by atoms with Crippen LogP contribution in [0.15, 0.2) is 73.7 Å². The molecule has 0 fully saturated rings. The molecule has 3 N–H and O–H groups in total. The van der Waals surface area contributed by atoms with Crippen LogP contribution in [0, 0.1) is 13.8 Å². The van der Waals surface area contributed by atoms with Crippen LogP contribution in [0.3, 0.4) is 0 Å². The first-order valence-electron chi connectivity index (χ1n) is 11.7. The van der Waals surface area contributed by atoms with Crippen LogP contribution in [0.25, 0.3) is 27.8 Å². The fraction of sp³-hybridized carbons (Fsp3) is 0.107. The largest absolute Gasteiger partial charge is 0.480 e. The summed E-state index contributed by atoms with van der Waals surface area (Å²) >= 11 is 0. The third kappa shape index (κ3) is 4.50. The number of amides is 1. The first kappa shape index (κ1) is 24.4. The molecule has 10 heteroatoms. The van der Waals surface area contributed by atoms with Gasteiger partial charge in [0.1, 0.15) is 23.4 Å². The minimum absolute atomic E-state index is 0.296. The first-order chi connectivity index (χ1) is 18.4. The SMILES string of the molecule is C=CC(=O)Nc1cc(C)c(-c2c(-c3ccc(Oc4cccc(C)n4)cc3)c3c(N)ncnn3c2OC)cn1. The minimum atomic E-state index is -0.344. The lowest BCUT2D eigenvalue weighted by Gasteiger charge is -2.12. The number of nitrogen functional groups attached to an aromatic ring is 1. The Morgan fingerprint density at radius 1 is 1.11 bits per heavy atom. The molecule has 0 spiro atoms. The summed E-state index contributed by atoms with van der Waals surface area (Å²) in [5.41, 5.74) is 11.8. The number of nitrogens with zero attached hydrogens (tertiary/aromatic N) is 5. The topological polar surface area (TPSA) is 130 Å². The van der Waals surface area contributed by atoms with Crippen molar-refractivity contribution in [2.24, 2.45) is 0 Å². The Morgan fingerprint density at radius 2 is 1.89 bits per heavy atom. The number of nitrogens with one attached hydrogen (secondary N) is 1. The number of pyridine rings is 2. The van der Waals surface area contributed by atoms with Crippen LogP contribution in [0.2, 0.25) is 0 Å². The van der Waals surface area contributed by atoms with Crippen molar-refractivity contribution in [1.29, 1.82) is 0 Å². The molecule has 0 radical (unpaired) electrons. The fourth-order valence-electron chi connectivity index (χ4n) is 4.25. The molecular formula is C28H25N7O3. The van der Waals surface area contributed by atoms with Crippen LogP contribution in [0.5, 0.6) is 17.5 Å². The quantitative estimate of drug-likeness (QED) is 0.295. The highest BCUT2D eigenvalue weighted by Crippen LogP contribution is 2.46. The van der Waals surface area contributed by atoms with Crippen molar-refractivity contribution in [3.05, 3.63) is 85.0 Å². The maximum atomic E-state index is 11.8. The van der Waals surface area contributed by atoms with Crippen molar-refractivity contribution < 1.29 is 14.3 Å². The van der Waals surface area contributed by atoms with Gasteiger partial charge in [-0.1, -0.05) is 24.8 Å². The molecule has 38 heavy (non-hydrogen) atoms. The van der Waals surface area contributed by atoms with Gasteiger partial charge in [-0.25, -0.2) is 15.0 Å². The van der Waals surface area contributed by atoms with Gasteiger partial charge in [-0.2, -0.15) is 9.61 Å². The van der Waals surface area contributed by atoms with Crippen molar-refractivity contribution >= 4 is 23.1 Å². The molecule has 1 aromatic carbocycles. The molecule has 4 aromatic heterocycles. The maximum absolute atomic E-state index is 11.8. The summed E-state index contributed by atoms with van der Waals surface area (Å²) in [4.78, 5) is 24.8. The minimum Gasteiger partial charge on any atom is -0.480 e. The molecular weight excluding hydrogens is 482 g/mol. The number of carbonyl (C=O) groups excluding carboxylic acids is 1. The van der Waals surface area contributed by atoms with Gasteiger partial charge in [0.2, 0.25) is 17.7 Å². The lowest BCUT2D eigenvalue weighted by molar-refractivity contribution is -0.111. The maximum Gasteiger partial charge on any atom is 0.248 e. The van der Waals surface area contributed by atoms with E-state index in [1.807, 2.05) is 50.2 Å². The summed E-state index contributed by atoms with van der Waals surface area (Å²) in [6.45, 7) is 7.31. The molecule has 0 atom stereocenters. The third-order valence-electron chi connectivity index (χ3n) is 5.95. The summed E-state index contributed by atoms with van der Waals surface area (Å²) in [5, 5.41) is 7.09. The van der Waals surface area contributed by atoms with Crippen molar-refractivity contribution in [3.63, 3.8) is 0 Å². The smallest absolute Gasteiger partial charge is 0.248 e. The number of carbonyl (C=O) groups is 1. The zero-order valence-corrected chi connectivity index (χ0v) is 21.1. The van der Waals surface area contributed by atoms with E-state index in [0.29, 0.717) is 34.7 Å². The Labute approximate surface area is 218 Å². The van der Waals surface area contributed by atoms with E-state index in [-0.39, 0.29) is 5.91 Å². The lowest BCUT2D eigenvalue weighted by Crippen LogP contribution is -2.09. The van der Waals surface area contributed by atoms with Crippen LogP contribution >= 0.6 is 0 Å². The highest BCUT2D eigenvalue weighted by molar-refractivity contribution is 6.02. The second kappa shape index (κ2) is 10.0.